The first-order valence-electron chi connectivity index (χ1n) is 7.53. The quantitative estimate of drug-likeness (QED) is 0.398. The lowest BCUT2D eigenvalue weighted by Gasteiger charge is -2.19. The first-order chi connectivity index (χ1) is 9.26. The van der Waals surface area contributed by atoms with Gasteiger partial charge >= 0.3 is 0 Å². The van der Waals surface area contributed by atoms with E-state index in [2.05, 4.69) is 15.6 Å². The lowest BCUT2D eigenvalue weighted by atomic mass is 10.2. The zero-order chi connectivity index (χ0) is 15.2. The predicted octanol–water partition coefficient (Wildman–Crippen LogP) is 2.32. The third kappa shape index (κ3) is 7.17. The Kier molecular flexibility index (Phi) is 9.15. The SMILES string of the molecule is CCNC(=NCCS(=O)(=O)C(C)(C)C)NC1CCCC1.I. The van der Waals surface area contributed by atoms with Gasteiger partial charge in [0.1, 0.15) is 0 Å². The molecule has 21 heavy (non-hydrogen) atoms. The molecule has 7 heteroatoms. The average Bonchev–Trinajstić information content (AvgIpc) is 2.80. The molecule has 0 aromatic rings. The molecule has 126 valence electrons. The molecule has 0 atom stereocenters. The maximum absolute atomic E-state index is 12.0. The van der Waals surface area contributed by atoms with E-state index in [0.717, 1.165) is 12.5 Å². The molecule has 0 bridgehead atoms. The minimum absolute atomic E-state index is 0. The smallest absolute Gasteiger partial charge is 0.191 e. The molecule has 0 unspecified atom stereocenters. The van der Waals surface area contributed by atoms with Crippen molar-refractivity contribution in [2.45, 2.75) is 64.2 Å². The van der Waals surface area contributed by atoms with Crippen LogP contribution in [-0.4, -0.2) is 44.0 Å². The number of nitrogens with zero attached hydrogens (tertiary/aromatic N) is 1. The van der Waals surface area contributed by atoms with Crippen LogP contribution in [0.5, 0.6) is 0 Å². The second kappa shape index (κ2) is 9.17. The highest BCUT2D eigenvalue weighted by molar-refractivity contribution is 14.0. The summed E-state index contributed by atoms with van der Waals surface area (Å²) < 4.78 is 23.3. The lowest BCUT2D eigenvalue weighted by molar-refractivity contribution is 0.560. The van der Waals surface area contributed by atoms with E-state index < -0.39 is 14.6 Å². The van der Waals surface area contributed by atoms with Gasteiger partial charge in [-0.1, -0.05) is 12.8 Å². The molecular formula is C14H30IN3O2S. The van der Waals surface area contributed by atoms with Gasteiger partial charge in [-0.05, 0) is 40.5 Å². The number of aliphatic imine (C=N–C) groups is 1. The van der Waals surface area contributed by atoms with Gasteiger partial charge in [-0.25, -0.2) is 8.42 Å². The average molecular weight is 431 g/mol. The van der Waals surface area contributed by atoms with Crippen molar-refractivity contribution in [3.8, 4) is 0 Å². The van der Waals surface area contributed by atoms with E-state index in [1.54, 1.807) is 20.8 Å². The molecule has 2 N–H and O–H groups in total. The standard InChI is InChI=1S/C14H29N3O2S.HI/c1-5-15-13(17-12-8-6-7-9-12)16-10-11-20(18,19)14(2,3)4;/h12H,5-11H2,1-4H3,(H2,15,16,17);1H. The van der Waals surface area contributed by atoms with Crippen molar-refractivity contribution in [3.05, 3.63) is 0 Å². The van der Waals surface area contributed by atoms with Crippen LogP contribution in [0.4, 0.5) is 0 Å². The van der Waals surface area contributed by atoms with Crippen molar-refractivity contribution in [3.63, 3.8) is 0 Å². The van der Waals surface area contributed by atoms with Crippen LogP contribution >= 0.6 is 24.0 Å². The number of hydrogen-bond acceptors (Lipinski definition) is 3. The molecule has 0 aromatic carbocycles. The third-order valence-electron chi connectivity index (χ3n) is 3.60. The van der Waals surface area contributed by atoms with Gasteiger partial charge in [0.25, 0.3) is 0 Å². The Hall–Kier alpha value is -0.0500. The number of hydrogen-bond donors (Lipinski definition) is 2. The summed E-state index contributed by atoms with van der Waals surface area (Å²) in [7, 11) is -3.10. The number of nitrogens with one attached hydrogen (secondary N) is 2. The fourth-order valence-corrected chi connectivity index (χ4v) is 3.11. The van der Waals surface area contributed by atoms with Gasteiger partial charge < -0.3 is 10.6 Å². The van der Waals surface area contributed by atoms with Crippen LogP contribution in [0.1, 0.15) is 53.4 Å². The Morgan fingerprint density at radius 3 is 2.29 bits per heavy atom. The summed E-state index contributed by atoms with van der Waals surface area (Å²) in [4.78, 5) is 4.39. The molecule has 1 aliphatic carbocycles. The minimum Gasteiger partial charge on any atom is -0.357 e. The summed E-state index contributed by atoms with van der Waals surface area (Å²) in [5.74, 6) is 0.834. The van der Waals surface area contributed by atoms with E-state index in [1.807, 2.05) is 6.92 Å². The maximum atomic E-state index is 12.0. The first-order valence-corrected chi connectivity index (χ1v) is 9.18. The normalized spacial score (nSPS) is 17.4. The Labute approximate surface area is 146 Å². The van der Waals surface area contributed by atoms with Crippen LogP contribution in [0.25, 0.3) is 0 Å². The Balaban J connectivity index is 0.00000400. The molecule has 5 nitrogen and oxygen atoms in total. The first kappa shape index (κ1) is 20.9. The molecule has 0 heterocycles. The topological polar surface area (TPSA) is 70.6 Å². The highest BCUT2D eigenvalue weighted by atomic mass is 127. The fraction of sp³-hybridized carbons (Fsp3) is 0.929. The van der Waals surface area contributed by atoms with Crippen LogP contribution in [0.2, 0.25) is 0 Å². The van der Waals surface area contributed by atoms with Crippen molar-refractivity contribution >= 4 is 39.8 Å². The molecule has 1 rings (SSSR count). The van der Waals surface area contributed by atoms with Gasteiger partial charge in [0.05, 0.1) is 17.0 Å². The molecule has 0 radical (unpaired) electrons. The van der Waals surface area contributed by atoms with Crippen LogP contribution in [0.3, 0.4) is 0 Å². The van der Waals surface area contributed by atoms with Crippen molar-refractivity contribution in [1.82, 2.24) is 10.6 Å². The van der Waals surface area contributed by atoms with E-state index in [0.29, 0.717) is 12.6 Å². The van der Waals surface area contributed by atoms with Crippen LogP contribution < -0.4 is 10.6 Å². The number of guanidine groups is 1. The van der Waals surface area contributed by atoms with E-state index >= 15 is 0 Å². The van der Waals surface area contributed by atoms with Gasteiger partial charge in [0.15, 0.2) is 15.8 Å². The second-order valence-corrected chi connectivity index (χ2v) is 9.18. The molecule has 0 saturated heterocycles. The molecular weight excluding hydrogens is 401 g/mol. The molecule has 0 amide bonds. The summed E-state index contributed by atoms with van der Waals surface area (Å²) in [5.41, 5.74) is 0. The Morgan fingerprint density at radius 2 is 1.81 bits per heavy atom. The maximum Gasteiger partial charge on any atom is 0.191 e. The summed E-state index contributed by atoms with van der Waals surface area (Å²) in [6.45, 7) is 8.29. The molecule has 0 aromatic heterocycles. The van der Waals surface area contributed by atoms with E-state index in [9.17, 15) is 8.42 Å². The molecule has 1 aliphatic rings. The van der Waals surface area contributed by atoms with Crippen LogP contribution in [-0.2, 0) is 9.84 Å². The van der Waals surface area contributed by atoms with E-state index in [4.69, 9.17) is 0 Å². The number of sulfone groups is 1. The second-order valence-electron chi connectivity index (χ2n) is 6.32. The fourth-order valence-electron chi connectivity index (χ4n) is 2.17. The van der Waals surface area contributed by atoms with Crippen molar-refractivity contribution < 1.29 is 8.42 Å². The summed E-state index contributed by atoms with van der Waals surface area (Å²) in [5, 5.41) is 6.56. The zero-order valence-corrected chi connectivity index (χ0v) is 16.8. The van der Waals surface area contributed by atoms with Crippen LogP contribution in [0, 0.1) is 0 Å². The van der Waals surface area contributed by atoms with Crippen LogP contribution in [0.15, 0.2) is 4.99 Å². The molecule has 0 spiro atoms. The number of halogens is 1. The van der Waals surface area contributed by atoms with Gasteiger partial charge in [0.2, 0.25) is 0 Å². The number of rotatable bonds is 5. The molecule has 1 fully saturated rings. The summed E-state index contributed by atoms with van der Waals surface area (Å²) >= 11 is 0. The molecule has 0 aliphatic heterocycles. The molecule has 1 saturated carbocycles. The highest BCUT2D eigenvalue weighted by Gasteiger charge is 2.28. The monoisotopic (exact) mass is 431 g/mol. The van der Waals surface area contributed by atoms with E-state index in [-0.39, 0.29) is 29.7 Å². The summed E-state index contributed by atoms with van der Waals surface area (Å²) in [6, 6.07) is 0.479. The zero-order valence-electron chi connectivity index (χ0n) is 13.6. The van der Waals surface area contributed by atoms with Crippen molar-refractivity contribution in [2.75, 3.05) is 18.8 Å². The minimum atomic E-state index is -3.10. The third-order valence-corrected chi connectivity index (χ3v) is 6.19. The highest BCUT2D eigenvalue weighted by Crippen LogP contribution is 2.17. The van der Waals surface area contributed by atoms with Gasteiger partial charge in [-0.2, -0.15) is 0 Å². The summed E-state index contributed by atoms with van der Waals surface area (Å²) in [6.07, 6.45) is 4.86. The lowest BCUT2D eigenvalue weighted by Crippen LogP contribution is -2.42. The Bertz CT molecular complexity index is 424. The largest absolute Gasteiger partial charge is 0.357 e. The van der Waals surface area contributed by atoms with Gasteiger partial charge in [-0.3, -0.25) is 4.99 Å². The van der Waals surface area contributed by atoms with Crippen molar-refractivity contribution in [1.29, 1.82) is 0 Å². The van der Waals surface area contributed by atoms with Gasteiger partial charge in [-0.15, -0.1) is 24.0 Å². The van der Waals surface area contributed by atoms with E-state index in [1.165, 1.54) is 25.7 Å². The van der Waals surface area contributed by atoms with Gasteiger partial charge in [0, 0.05) is 12.6 Å². The Morgan fingerprint density at radius 1 is 1.24 bits per heavy atom. The predicted molar refractivity (Wildman–Crippen MR) is 100 cm³/mol. The van der Waals surface area contributed by atoms with Crippen molar-refractivity contribution in [2.24, 2.45) is 4.99 Å².